The van der Waals surface area contributed by atoms with Crippen molar-refractivity contribution in [3.05, 3.63) is 75.8 Å². The maximum absolute atomic E-state index is 13.6. The van der Waals surface area contributed by atoms with Crippen LogP contribution in [0.4, 0.5) is 8.78 Å². The zero-order valence-corrected chi connectivity index (χ0v) is 16.8. The average Bonchev–Trinajstić information content (AvgIpc) is 3.37. The summed E-state index contributed by atoms with van der Waals surface area (Å²) in [5, 5.41) is 5.21. The summed E-state index contributed by atoms with van der Waals surface area (Å²) in [5.74, 6) is -0.258. The molecular weight excluding hydrogens is 408 g/mol. The number of amides is 1. The van der Waals surface area contributed by atoms with Gasteiger partial charge in [-0.05, 0) is 49.6 Å². The molecule has 4 aromatic rings. The second kappa shape index (κ2) is 9.08. The number of carbonyl (C=O) groups is 1. The van der Waals surface area contributed by atoms with Crippen molar-refractivity contribution in [2.24, 2.45) is 0 Å². The standard InChI is InChI=1S/C21H19F2N5OS/c22-13-7-8-15-16(10-13)27-19(26-15)5-1-2-6-20-28-18(12-30-20)21(29)25-11-17-14(23)4-3-9-24-17/h3-4,7-10,12H,1-2,5-6,11H2,(H,25,29)(H,26,27). The van der Waals surface area contributed by atoms with Gasteiger partial charge in [0.15, 0.2) is 0 Å². The number of nitrogens with zero attached hydrogens (tertiary/aromatic N) is 3. The topological polar surface area (TPSA) is 83.6 Å². The zero-order chi connectivity index (χ0) is 20.9. The molecule has 0 spiro atoms. The number of H-pyrrole nitrogens is 1. The van der Waals surface area contributed by atoms with Crippen LogP contribution in [0.25, 0.3) is 11.0 Å². The Balaban J connectivity index is 1.24. The summed E-state index contributed by atoms with van der Waals surface area (Å²) in [4.78, 5) is 28.1. The molecule has 0 radical (unpaired) electrons. The van der Waals surface area contributed by atoms with Gasteiger partial charge in [0.1, 0.15) is 23.2 Å². The molecule has 154 valence electrons. The van der Waals surface area contributed by atoms with Crippen molar-refractivity contribution in [1.82, 2.24) is 25.3 Å². The number of aromatic amines is 1. The number of aromatic nitrogens is 4. The number of fused-ring (bicyclic) bond motifs is 1. The van der Waals surface area contributed by atoms with Crippen molar-refractivity contribution in [2.75, 3.05) is 0 Å². The summed E-state index contributed by atoms with van der Waals surface area (Å²) in [7, 11) is 0. The van der Waals surface area contributed by atoms with Gasteiger partial charge in [0.25, 0.3) is 5.91 Å². The molecule has 1 aromatic carbocycles. The predicted octanol–water partition coefficient (Wildman–Crippen LogP) is 4.19. The molecule has 3 heterocycles. The van der Waals surface area contributed by atoms with Crippen LogP contribution in [0.3, 0.4) is 0 Å². The predicted molar refractivity (Wildman–Crippen MR) is 110 cm³/mol. The summed E-state index contributed by atoms with van der Waals surface area (Å²) >= 11 is 1.43. The average molecular weight is 427 g/mol. The lowest BCUT2D eigenvalue weighted by atomic mass is 10.2. The number of hydrogen-bond donors (Lipinski definition) is 2. The Bertz CT molecular complexity index is 1170. The Morgan fingerprint density at radius 1 is 1.13 bits per heavy atom. The van der Waals surface area contributed by atoms with E-state index in [1.807, 2.05) is 0 Å². The third-order valence-corrected chi connectivity index (χ3v) is 5.49. The molecular formula is C21H19F2N5OS. The first-order chi connectivity index (χ1) is 14.6. The number of unbranched alkanes of at least 4 members (excludes halogenated alkanes) is 1. The van der Waals surface area contributed by atoms with E-state index in [2.05, 4.69) is 25.3 Å². The minimum atomic E-state index is -0.452. The summed E-state index contributed by atoms with van der Waals surface area (Å²) in [6, 6.07) is 7.31. The molecule has 3 aromatic heterocycles. The van der Waals surface area contributed by atoms with Gasteiger partial charge < -0.3 is 10.3 Å². The molecule has 0 bridgehead atoms. The Labute approximate surface area is 175 Å². The van der Waals surface area contributed by atoms with Crippen LogP contribution in [0.2, 0.25) is 0 Å². The molecule has 1 amide bonds. The lowest BCUT2D eigenvalue weighted by molar-refractivity contribution is 0.0945. The fourth-order valence-corrected chi connectivity index (χ4v) is 3.88. The highest BCUT2D eigenvalue weighted by Crippen LogP contribution is 2.16. The SMILES string of the molecule is O=C(NCc1ncccc1F)c1csc(CCCCc2nc3ccc(F)cc3[nH]2)n1. The van der Waals surface area contributed by atoms with E-state index in [4.69, 9.17) is 0 Å². The van der Waals surface area contributed by atoms with Crippen LogP contribution in [-0.4, -0.2) is 25.8 Å². The van der Waals surface area contributed by atoms with Gasteiger partial charge in [-0.2, -0.15) is 0 Å². The zero-order valence-electron chi connectivity index (χ0n) is 16.0. The lowest BCUT2D eigenvalue weighted by Crippen LogP contribution is -2.24. The minimum absolute atomic E-state index is 0.0137. The second-order valence-electron chi connectivity index (χ2n) is 6.79. The molecule has 0 aliphatic heterocycles. The van der Waals surface area contributed by atoms with E-state index in [0.717, 1.165) is 42.0 Å². The Hall–Kier alpha value is -3.20. The highest BCUT2D eigenvalue weighted by atomic mass is 32.1. The number of nitrogens with one attached hydrogen (secondary N) is 2. The van der Waals surface area contributed by atoms with Crippen LogP contribution in [0, 0.1) is 11.6 Å². The summed E-state index contributed by atoms with van der Waals surface area (Å²) < 4.78 is 26.8. The molecule has 0 unspecified atom stereocenters. The normalized spacial score (nSPS) is 11.1. The highest BCUT2D eigenvalue weighted by Gasteiger charge is 2.12. The quantitative estimate of drug-likeness (QED) is 0.413. The van der Waals surface area contributed by atoms with Gasteiger partial charge in [-0.3, -0.25) is 9.78 Å². The largest absolute Gasteiger partial charge is 0.345 e. The molecule has 0 saturated carbocycles. The third kappa shape index (κ3) is 4.85. The first kappa shape index (κ1) is 20.1. The maximum atomic E-state index is 13.6. The van der Waals surface area contributed by atoms with Gasteiger partial charge in [-0.1, -0.05) is 0 Å². The summed E-state index contributed by atoms with van der Waals surface area (Å²) in [6.45, 7) is 0.0137. The van der Waals surface area contributed by atoms with E-state index in [1.54, 1.807) is 11.4 Å². The van der Waals surface area contributed by atoms with E-state index in [9.17, 15) is 13.6 Å². The molecule has 6 nitrogen and oxygen atoms in total. The number of hydrogen-bond acceptors (Lipinski definition) is 5. The van der Waals surface area contributed by atoms with Gasteiger partial charge in [-0.25, -0.2) is 18.7 Å². The van der Waals surface area contributed by atoms with Crippen LogP contribution >= 0.6 is 11.3 Å². The number of benzene rings is 1. The molecule has 0 aliphatic carbocycles. The Kier molecular flexibility index (Phi) is 6.08. The maximum Gasteiger partial charge on any atom is 0.271 e. The van der Waals surface area contributed by atoms with E-state index in [-0.39, 0.29) is 24.0 Å². The van der Waals surface area contributed by atoms with Crippen molar-refractivity contribution in [3.8, 4) is 0 Å². The minimum Gasteiger partial charge on any atom is -0.345 e. The third-order valence-electron chi connectivity index (χ3n) is 4.58. The molecule has 4 rings (SSSR count). The van der Waals surface area contributed by atoms with Gasteiger partial charge in [-0.15, -0.1) is 11.3 Å². The molecule has 9 heteroatoms. The number of thiazole rings is 1. The van der Waals surface area contributed by atoms with Crippen LogP contribution in [0.1, 0.15) is 39.9 Å². The molecule has 2 N–H and O–H groups in total. The van der Waals surface area contributed by atoms with Gasteiger partial charge >= 0.3 is 0 Å². The Morgan fingerprint density at radius 2 is 2.00 bits per heavy atom. The molecule has 0 fully saturated rings. The van der Waals surface area contributed by atoms with Gasteiger partial charge in [0.05, 0.1) is 28.3 Å². The van der Waals surface area contributed by atoms with Gasteiger partial charge in [0.2, 0.25) is 0 Å². The van der Waals surface area contributed by atoms with Crippen molar-refractivity contribution in [1.29, 1.82) is 0 Å². The lowest BCUT2D eigenvalue weighted by Gasteiger charge is -2.03. The fraction of sp³-hybridized carbons (Fsp3) is 0.238. The smallest absolute Gasteiger partial charge is 0.271 e. The fourth-order valence-electron chi connectivity index (χ4n) is 3.05. The number of aryl methyl sites for hydroxylation is 2. The van der Waals surface area contributed by atoms with E-state index < -0.39 is 5.82 Å². The number of rotatable bonds is 8. The molecule has 30 heavy (non-hydrogen) atoms. The van der Waals surface area contributed by atoms with Crippen molar-refractivity contribution in [2.45, 2.75) is 32.2 Å². The van der Waals surface area contributed by atoms with Gasteiger partial charge in [0, 0.05) is 18.0 Å². The number of carbonyl (C=O) groups excluding carboxylic acids is 1. The van der Waals surface area contributed by atoms with Crippen LogP contribution in [0.15, 0.2) is 41.9 Å². The summed E-state index contributed by atoms with van der Waals surface area (Å²) in [6.07, 6.45) is 4.77. The second-order valence-corrected chi connectivity index (χ2v) is 7.74. The van der Waals surface area contributed by atoms with Crippen LogP contribution in [0.5, 0.6) is 0 Å². The molecule has 0 aliphatic rings. The Morgan fingerprint density at radius 3 is 2.87 bits per heavy atom. The van der Waals surface area contributed by atoms with E-state index in [1.165, 1.54) is 41.8 Å². The molecule has 0 saturated heterocycles. The number of pyridine rings is 1. The monoisotopic (exact) mass is 427 g/mol. The number of imidazole rings is 1. The summed E-state index contributed by atoms with van der Waals surface area (Å²) in [5.41, 5.74) is 1.97. The first-order valence-corrected chi connectivity index (χ1v) is 10.4. The number of halogens is 2. The van der Waals surface area contributed by atoms with E-state index >= 15 is 0 Å². The molecule has 0 atom stereocenters. The van der Waals surface area contributed by atoms with Crippen molar-refractivity contribution in [3.63, 3.8) is 0 Å². The van der Waals surface area contributed by atoms with Crippen LogP contribution in [-0.2, 0) is 19.4 Å². The van der Waals surface area contributed by atoms with Crippen LogP contribution < -0.4 is 5.32 Å². The van der Waals surface area contributed by atoms with E-state index in [0.29, 0.717) is 11.2 Å². The highest BCUT2D eigenvalue weighted by molar-refractivity contribution is 7.09. The first-order valence-electron chi connectivity index (χ1n) is 9.54. The van der Waals surface area contributed by atoms with Crippen molar-refractivity contribution < 1.29 is 13.6 Å². The van der Waals surface area contributed by atoms with Crippen molar-refractivity contribution >= 4 is 28.3 Å².